The standard InChI is InChI=1S/C39H39N3O/c1-25-35(32-23-30(38(2,3)4)24-33(36(32)43)39(5,6)7)41-37-31(17-12-20-42(25)37)28-15-11-16-29(21-28)34-22-27(18-19-40-34)26-13-9-8-10-14-26/h8-24,43H,1-7H3. The molecule has 43 heavy (non-hydrogen) atoms. The van der Waals surface area contributed by atoms with E-state index in [0.29, 0.717) is 5.75 Å². The molecule has 3 aromatic carbocycles. The van der Waals surface area contributed by atoms with Crippen LogP contribution in [0.5, 0.6) is 5.75 Å². The number of aromatic hydroxyl groups is 1. The summed E-state index contributed by atoms with van der Waals surface area (Å²) in [6.45, 7) is 15.1. The van der Waals surface area contributed by atoms with Gasteiger partial charge in [-0.15, -0.1) is 0 Å². The van der Waals surface area contributed by atoms with Gasteiger partial charge in [0.25, 0.3) is 0 Å². The minimum atomic E-state index is -0.218. The number of imidazole rings is 1. The highest BCUT2D eigenvalue weighted by molar-refractivity contribution is 5.84. The highest BCUT2D eigenvalue weighted by Crippen LogP contribution is 2.43. The summed E-state index contributed by atoms with van der Waals surface area (Å²) in [4.78, 5) is 9.92. The highest BCUT2D eigenvalue weighted by atomic mass is 16.3. The van der Waals surface area contributed by atoms with Crippen molar-refractivity contribution in [2.75, 3.05) is 0 Å². The Labute approximate surface area is 254 Å². The van der Waals surface area contributed by atoms with Crippen LogP contribution in [0.3, 0.4) is 0 Å². The van der Waals surface area contributed by atoms with E-state index >= 15 is 0 Å². The van der Waals surface area contributed by atoms with Crippen molar-refractivity contribution in [1.29, 1.82) is 0 Å². The number of fused-ring (bicyclic) bond motifs is 1. The number of pyridine rings is 2. The summed E-state index contributed by atoms with van der Waals surface area (Å²) in [6.07, 6.45) is 3.92. The van der Waals surface area contributed by atoms with Crippen LogP contribution in [-0.2, 0) is 10.8 Å². The van der Waals surface area contributed by atoms with Crippen LogP contribution in [0.4, 0.5) is 0 Å². The molecular formula is C39H39N3O. The first-order chi connectivity index (χ1) is 20.4. The third-order valence-corrected chi connectivity index (χ3v) is 8.26. The van der Waals surface area contributed by atoms with Gasteiger partial charge < -0.3 is 9.51 Å². The Morgan fingerprint density at radius 3 is 2.09 bits per heavy atom. The molecule has 3 aromatic heterocycles. The van der Waals surface area contributed by atoms with Crippen LogP contribution < -0.4 is 0 Å². The van der Waals surface area contributed by atoms with Crippen LogP contribution >= 0.6 is 0 Å². The predicted molar refractivity (Wildman–Crippen MR) is 179 cm³/mol. The first kappa shape index (κ1) is 28.4. The molecular weight excluding hydrogens is 526 g/mol. The molecule has 0 aliphatic heterocycles. The molecule has 0 bridgehead atoms. The molecule has 0 spiro atoms. The molecule has 0 saturated heterocycles. The van der Waals surface area contributed by atoms with E-state index in [1.54, 1.807) is 0 Å². The molecule has 6 aromatic rings. The lowest BCUT2D eigenvalue weighted by Gasteiger charge is -2.27. The van der Waals surface area contributed by atoms with E-state index in [9.17, 15) is 5.11 Å². The number of phenolic OH excluding ortho intramolecular Hbond substituents is 1. The molecule has 3 heterocycles. The second-order valence-electron chi connectivity index (χ2n) is 13.5. The third kappa shape index (κ3) is 5.34. The van der Waals surface area contributed by atoms with Gasteiger partial charge in [0.1, 0.15) is 11.4 Å². The number of nitrogens with zero attached hydrogens (tertiary/aromatic N) is 3. The Morgan fingerprint density at radius 2 is 1.37 bits per heavy atom. The summed E-state index contributed by atoms with van der Waals surface area (Å²) in [5.41, 5.74) is 11.6. The SMILES string of the molecule is Cc1c(-c2cc(C(C)(C)C)cc(C(C)(C)C)c2O)nc2c(-c3cccc(-c4cc(-c5ccccc5)ccn4)c3)cccn12. The summed E-state index contributed by atoms with van der Waals surface area (Å²) in [6, 6.07) is 31.5. The van der Waals surface area contributed by atoms with Gasteiger partial charge in [-0.3, -0.25) is 4.98 Å². The number of rotatable bonds is 4. The topological polar surface area (TPSA) is 50.4 Å². The van der Waals surface area contributed by atoms with Crippen LogP contribution in [0.2, 0.25) is 0 Å². The van der Waals surface area contributed by atoms with E-state index in [4.69, 9.17) is 9.97 Å². The van der Waals surface area contributed by atoms with Crippen molar-refractivity contribution in [2.24, 2.45) is 0 Å². The van der Waals surface area contributed by atoms with E-state index in [2.05, 4.69) is 138 Å². The molecule has 0 radical (unpaired) electrons. The van der Waals surface area contributed by atoms with Crippen molar-refractivity contribution < 1.29 is 5.11 Å². The summed E-state index contributed by atoms with van der Waals surface area (Å²) in [7, 11) is 0. The highest BCUT2D eigenvalue weighted by Gasteiger charge is 2.27. The maximum absolute atomic E-state index is 11.6. The molecule has 6 rings (SSSR count). The van der Waals surface area contributed by atoms with Gasteiger partial charge >= 0.3 is 0 Å². The molecule has 0 atom stereocenters. The molecule has 4 heteroatoms. The Hall–Kier alpha value is -4.70. The van der Waals surface area contributed by atoms with Crippen LogP contribution in [0.15, 0.2) is 103 Å². The first-order valence-corrected chi connectivity index (χ1v) is 14.9. The maximum atomic E-state index is 11.6. The van der Waals surface area contributed by atoms with Crippen LogP contribution in [0, 0.1) is 6.92 Å². The fraction of sp³-hybridized carbons (Fsp3) is 0.231. The number of aromatic nitrogens is 3. The number of phenols is 1. The summed E-state index contributed by atoms with van der Waals surface area (Å²) >= 11 is 0. The Kier molecular flexibility index (Phi) is 6.96. The van der Waals surface area contributed by atoms with Gasteiger partial charge in [0.2, 0.25) is 0 Å². The van der Waals surface area contributed by atoms with Crippen molar-refractivity contribution in [3.8, 4) is 50.5 Å². The molecule has 0 amide bonds. The summed E-state index contributed by atoms with van der Waals surface area (Å²) < 4.78 is 2.13. The Balaban J connectivity index is 1.49. The predicted octanol–water partition coefficient (Wildman–Crippen LogP) is 10.0. The largest absolute Gasteiger partial charge is 0.507 e. The molecule has 0 saturated carbocycles. The number of aryl methyl sites for hydroxylation is 1. The van der Waals surface area contributed by atoms with Crippen molar-refractivity contribution >= 4 is 5.65 Å². The van der Waals surface area contributed by atoms with Crippen molar-refractivity contribution in [2.45, 2.75) is 59.3 Å². The molecule has 1 N–H and O–H groups in total. The van der Waals surface area contributed by atoms with Gasteiger partial charge in [0.05, 0.1) is 11.4 Å². The second-order valence-corrected chi connectivity index (χ2v) is 13.5. The van der Waals surface area contributed by atoms with Gasteiger partial charge in [-0.25, -0.2) is 4.98 Å². The second kappa shape index (κ2) is 10.5. The molecule has 0 aliphatic rings. The van der Waals surface area contributed by atoms with E-state index in [1.165, 1.54) is 11.1 Å². The lowest BCUT2D eigenvalue weighted by atomic mass is 9.78. The fourth-order valence-electron chi connectivity index (χ4n) is 5.73. The smallest absolute Gasteiger partial charge is 0.145 e. The lowest BCUT2D eigenvalue weighted by Crippen LogP contribution is -2.17. The molecule has 0 unspecified atom stereocenters. The Bertz CT molecular complexity index is 1950. The third-order valence-electron chi connectivity index (χ3n) is 8.26. The minimum Gasteiger partial charge on any atom is -0.507 e. The van der Waals surface area contributed by atoms with Crippen LogP contribution in [-0.4, -0.2) is 19.5 Å². The van der Waals surface area contributed by atoms with E-state index in [1.807, 2.05) is 18.3 Å². The van der Waals surface area contributed by atoms with Gasteiger partial charge in [-0.05, 0) is 76.4 Å². The lowest BCUT2D eigenvalue weighted by molar-refractivity contribution is 0.446. The van der Waals surface area contributed by atoms with Crippen molar-refractivity contribution in [3.05, 3.63) is 120 Å². The molecule has 0 aliphatic carbocycles. The van der Waals surface area contributed by atoms with Crippen LogP contribution in [0.1, 0.15) is 58.4 Å². The van der Waals surface area contributed by atoms with Gasteiger partial charge in [-0.1, -0.05) is 96.1 Å². The summed E-state index contributed by atoms with van der Waals surface area (Å²) in [5, 5.41) is 11.6. The minimum absolute atomic E-state index is 0.0764. The van der Waals surface area contributed by atoms with Gasteiger partial charge in [0, 0.05) is 40.3 Å². The zero-order chi connectivity index (χ0) is 30.5. The Morgan fingerprint density at radius 1 is 0.651 bits per heavy atom. The first-order valence-electron chi connectivity index (χ1n) is 14.9. The summed E-state index contributed by atoms with van der Waals surface area (Å²) in [5.74, 6) is 0.305. The quantitative estimate of drug-likeness (QED) is 0.231. The van der Waals surface area contributed by atoms with Gasteiger partial charge in [0.15, 0.2) is 0 Å². The number of benzene rings is 3. The average molecular weight is 566 g/mol. The zero-order valence-electron chi connectivity index (χ0n) is 26.1. The van der Waals surface area contributed by atoms with E-state index in [0.717, 1.165) is 56.1 Å². The normalized spacial score (nSPS) is 12.2. The van der Waals surface area contributed by atoms with Gasteiger partial charge in [-0.2, -0.15) is 0 Å². The van der Waals surface area contributed by atoms with Crippen molar-refractivity contribution in [3.63, 3.8) is 0 Å². The van der Waals surface area contributed by atoms with Crippen molar-refractivity contribution in [1.82, 2.24) is 14.4 Å². The molecule has 216 valence electrons. The molecule has 0 fully saturated rings. The fourth-order valence-corrected chi connectivity index (χ4v) is 5.73. The molecule has 4 nitrogen and oxygen atoms in total. The maximum Gasteiger partial charge on any atom is 0.145 e. The van der Waals surface area contributed by atoms with Crippen LogP contribution in [0.25, 0.3) is 50.4 Å². The monoisotopic (exact) mass is 565 g/mol. The van der Waals surface area contributed by atoms with E-state index in [-0.39, 0.29) is 10.8 Å². The number of hydrogen-bond acceptors (Lipinski definition) is 3. The zero-order valence-corrected chi connectivity index (χ0v) is 26.1. The number of hydrogen-bond donors (Lipinski definition) is 1. The average Bonchev–Trinajstić information content (AvgIpc) is 3.33. The van der Waals surface area contributed by atoms with E-state index < -0.39 is 0 Å².